The molecule has 0 radical (unpaired) electrons. The van der Waals surface area contributed by atoms with Gasteiger partial charge in [-0.1, -0.05) is 18.2 Å². The number of aliphatic hydroxyl groups is 2. The molecule has 2 atom stereocenters. The normalized spacial score (nSPS) is 14.6. The first kappa shape index (κ1) is 10.7. The zero-order valence-electron chi connectivity index (χ0n) is 8.83. The van der Waals surface area contributed by atoms with Crippen molar-refractivity contribution in [3.05, 3.63) is 36.0 Å². The van der Waals surface area contributed by atoms with Crippen LogP contribution in [0.5, 0.6) is 0 Å². The van der Waals surface area contributed by atoms with Crippen LogP contribution in [0.4, 0.5) is 0 Å². The van der Waals surface area contributed by atoms with E-state index in [0.717, 1.165) is 10.9 Å². The van der Waals surface area contributed by atoms with Crippen molar-refractivity contribution < 1.29 is 10.2 Å². The van der Waals surface area contributed by atoms with Crippen LogP contribution in [-0.4, -0.2) is 20.9 Å². The van der Waals surface area contributed by atoms with Gasteiger partial charge in [0.05, 0.1) is 6.07 Å². The molecule has 2 N–H and O–H groups in total. The Morgan fingerprint density at radius 2 is 2.00 bits per heavy atom. The quantitative estimate of drug-likeness (QED) is 0.738. The van der Waals surface area contributed by atoms with E-state index in [0.29, 0.717) is 5.56 Å². The fraction of sp³-hybridized carbons (Fsp3) is 0.250. The van der Waals surface area contributed by atoms with Gasteiger partial charge < -0.3 is 14.8 Å². The number of nitrogens with zero attached hydrogens (tertiary/aromatic N) is 2. The van der Waals surface area contributed by atoms with Crippen LogP contribution in [-0.2, 0) is 7.05 Å². The highest BCUT2D eigenvalue weighted by Gasteiger charge is 2.21. The number of para-hydroxylation sites is 1. The monoisotopic (exact) mass is 216 g/mol. The van der Waals surface area contributed by atoms with E-state index in [1.807, 2.05) is 35.9 Å². The lowest BCUT2D eigenvalue weighted by molar-refractivity contribution is 0.0537. The highest BCUT2D eigenvalue weighted by molar-refractivity contribution is 5.84. The molecule has 0 amide bonds. The van der Waals surface area contributed by atoms with Crippen LogP contribution >= 0.6 is 0 Å². The molecule has 0 aliphatic heterocycles. The Hall–Kier alpha value is -1.83. The number of rotatable bonds is 2. The van der Waals surface area contributed by atoms with Gasteiger partial charge in [-0.05, 0) is 6.07 Å². The first-order valence-electron chi connectivity index (χ1n) is 4.95. The Bertz CT molecular complexity index is 554. The Morgan fingerprint density at radius 3 is 2.69 bits per heavy atom. The van der Waals surface area contributed by atoms with Gasteiger partial charge in [-0.15, -0.1) is 0 Å². The van der Waals surface area contributed by atoms with Gasteiger partial charge in [-0.25, -0.2) is 0 Å². The van der Waals surface area contributed by atoms with Crippen molar-refractivity contribution in [2.75, 3.05) is 0 Å². The molecule has 2 unspecified atom stereocenters. The van der Waals surface area contributed by atoms with Gasteiger partial charge in [0.1, 0.15) is 6.10 Å². The fourth-order valence-corrected chi connectivity index (χ4v) is 1.85. The highest BCUT2D eigenvalue weighted by Crippen LogP contribution is 2.27. The van der Waals surface area contributed by atoms with Crippen LogP contribution in [0, 0.1) is 11.3 Å². The molecular weight excluding hydrogens is 204 g/mol. The number of aromatic nitrogens is 1. The van der Waals surface area contributed by atoms with Crippen molar-refractivity contribution in [3.8, 4) is 6.07 Å². The van der Waals surface area contributed by atoms with Crippen molar-refractivity contribution in [2.24, 2.45) is 7.05 Å². The number of nitriles is 1. The summed E-state index contributed by atoms with van der Waals surface area (Å²) < 4.78 is 1.86. The second-order valence-electron chi connectivity index (χ2n) is 3.73. The molecule has 16 heavy (non-hydrogen) atoms. The molecule has 1 aromatic carbocycles. The Balaban J connectivity index is 2.58. The van der Waals surface area contributed by atoms with Crippen LogP contribution in [0.25, 0.3) is 10.9 Å². The van der Waals surface area contributed by atoms with E-state index >= 15 is 0 Å². The minimum absolute atomic E-state index is 0.576. The number of benzene rings is 1. The van der Waals surface area contributed by atoms with Gasteiger partial charge in [0, 0.05) is 29.7 Å². The largest absolute Gasteiger partial charge is 0.384 e. The Morgan fingerprint density at radius 1 is 1.31 bits per heavy atom. The summed E-state index contributed by atoms with van der Waals surface area (Å²) in [5, 5.41) is 28.6. The Kier molecular flexibility index (Phi) is 2.65. The van der Waals surface area contributed by atoms with Crippen molar-refractivity contribution in [1.82, 2.24) is 4.57 Å². The molecule has 4 heteroatoms. The van der Waals surface area contributed by atoms with E-state index in [2.05, 4.69) is 0 Å². The molecule has 0 aliphatic carbocycles. The zero-order valence-corrected chi connectivity index (χ0v) is 8.83. The summed E-state index contributed by atoms with van der Waals surface area (Å²) in [6, 6.07) is 9.17. The molecule has 0 spiro atoms. The van der Waals surface area contributed by atoms with Gasteiger partial charge in [0.25, 0.3) is 0 Å². The van der Waals surface area contributed by atoms with Crippen molar-refractivity contribution in [1.29, 1.82) is 5.26 Å². The number of hydrogen-bond donors (Lipinski definition) is 2. The lowest BCUT2D eigenvalue weighted by atomic mass is 10.0. The molecule has 0 fully saturated rings. The van der Waals surface area contributed by atoms with E-state index in [1.54, 1.807) is 12.3 Å². The maximum atomic E-state index is 9.81. The summed E-state index contributed by atoms with van der Waals surface area (Å²) in [7, 11) is 1.86. The molecule has 0 saturated heterocycles. The van der Waals surface area contributed by atoms with E-state index in [1.165, 1.54) is 0 Å². The fourth-order valence-electron chi connectivity index (χ4n) is 1.85. The third kappa shape index (κ3) is 1.56. The second kappa shape index (κ2) is 3.97. The summed E-state index contributed by atoms with van der Waals surface area (Å²) in [5.41, 5.74) is 1.54. The minimum Gasteiger partial charge on any atom is -0.384 e. The molecule has 2 rings (SSSR count). The molecule has 4 nitrogen and oxygen atoms in total. The second-order valence-corrected chi connectivity index (χ2v) is 3.73. The molecule has 0 bridgehead atoms. The molecule has 2 aromatic rings. The van der Waals surface area contributed by atoms with Crippen LogP contribution in [0.1, 0.15) is 11.7 Å². The zero-order chi connectivity index (χ0) is 11.7. The topological polar surface area (TPSA) is 69.2 Å². The van der Waals surface area contributed by atoms with Crippen molar-refractivity contribution in [2.45, 2.75) is 12.2 Å². The number of aryl methyl sites for hydroxylation is 1. The van der Waals surface area contributed by atoms with Crippen LogP contribution in [0.15, 0.2) is 30.5 Å². The third-order valence-corrected chi connectivity index (χ3v) is 2.68. The molecule has 1 aromatic heterocycles. The van der Waals surface area contributed by atoms with E-state index < -0.39 is 12.2 Å². The Labute approximate surface area is 93.0 Å². The summed E-state index contributed by atoms with van der Waals surface area (Å²) >= 11 is 0. The molecular formula is C12H12N2O2. The average Bonchev–Trinajstić information content (AvgIpc) is 2.65. The lowest BCUT2D eigenvalue weighted by Gasteiger charge is -2.10. The van der Waals surface area contributed by atoms with E-state index in [4.69, 9.17) is 5.26 Å². The number of hydrogen-bond acceptors (Lipinski definition) is 3. The predicted molar refractivity (Wildman–Crippen MR) is 59.5 cm³/mol. The average molecular weight is 216 g/mol. The van der Waals surface area contributed by atoms with Gasteiger partial charge in [0.15, 0.2) is 6.10 Å². The maximum absolute atomic E-state index is 9.81. The first-order chi connectivity index (χ1) is 7.65. The van der Waals surface area contributed by atoms with Crippen LogP contribution in [0.2, 0.25) is 0 Å². The molecule has 0 saturated carbocycles. The van der Waals surface area contributed by atoms with Gasteiger partial charge in [0.2, 0.25) is 0 Å². The molecule has 82 valence electrons. The summed E-state index contributed by atoms with van der Waals surface area (Å²) in [6.45, 7) is 0. The SMILES string of the molecule is Cn1cc(C(O)C(O)C#N)c2ccccc21. The number of aliphatic hydroxyl groups excluding tert-OH is 2. The molecule has 0 aliphatic rings. The highest BCUT2D eigenvalue weighted by atomic mass is 16.3. The van der Waals surface area contributed by atoms with Crippen LogP contribution in [0.3, 0.4) is 0 Å². The molecule has 1 heterocycles. The number of fused-ring (bicyclic) bond motifs is 1. The third-order valence-electron chi connectivity index (χ3n) is 2.68. The smallest absolute Gasteiger partial charge is 0.170 e. The lowest BCUT2D eigenvalue weighted by Crippen LogP contribution is -2.15. The first-order valence-corrected chi connectivity index (χ1v) is 4.95. The van der Waals surface area contributed by atoms with E-state index in [-0.39, 0.29) is 0 Å². The van der Waals surface area contributed by atoms with Gasteiger partial charge in [-0.2, -0.15) is 5.26 Å². The minimum atomic E-state index is -1.40. The van der Waals surface area contributed by atoms with Gasteiger partial charge >= 0.3 is 0 Å². The maximum Gasteiger partial charge on any atom is 0.170 e. The summed E-state index contributed by atoms with van der Waals surface area (Å²) in [4.78, 5) is 0. The van der Waals surface area contributed by atoms with Crippen molar-refractivity contribution >= 4 is 10.9 Å². The van der Waals surface area contributed by atoms with Crippen molar-refractivity contribution in [3.63, 3.8) is 0 Å². The van der Waals surface area contributed by atoms with Gasteiger partial charge in [-0.3, -0.25) is 0 Å². The van der Waals surface area contributed by atoms with Crippen LogP contribution < -0.4 is 0 Å². The summed E-state index contributed by atoms with van der Waals surface area (Å²) in [5.74, 6) is 0. The van der Waals surface area contributed by atoms with E-state index in [9.17, 15) is 10.2 Å². The predicted octanol–water partition coefficient (Wildman–Crippen LogP) is 1.10. The summed E-state index contributed by atoms with van der Waals surface area (Å²) in [6.07, 6.45) is -0.836. The standard InChI is InChI=1S/C12H12N2O2/c1-14-7-9(12(16)11(15)6-13)8-4-2-3-5-10(8)14/h2-5,7,11-12,15-16H,1H3.